The van der Waals surface area contributed by atoms with Crippen molar-refractivity contribution in [3.05, 3.63) is 35.4 Å². The summed E-state index contributed by atoms with van der Waals surface area (Å²) in [5.41, 5.74) is -1.40. The van der Waals surface area contributed by atoms with Crippen LogP contribution in [0.2, 0.25) is 0 Å². The number of hydrogen-bond acceptors (Lipinski definition) is 8. The first-order chi connectivity index (χ1) is 12.5. The van der Waals surface area contributed by atoms with Gasteiger partial charge in [-0.15, -0.1) is 0 Å². The van der Waals surface area contributed by atoms with Crippen LogP contribution in [0.15, 0.2) is 24.3 Å². The minimum atomic E-state index is -4.44. The van der Waals surface area contributed by atoms with Gasteiger partial charge < -0.3 is 19.3 Å². The molecule has 1 rings (SSSR count). The van der Waals surface area contributed by atoms with Crippen molar-refractivity contribution in [2.24, 2.45) is 0 Å². The third kappa shape index (κ3) is 7.88. The van der Waals surface area contributed by atoms with Gasteiger partial charge in [0.15, 0.2) is 0 Å². The van der Waals surface area contributed by atoms with E-state index in [1.807, 2.05) is 0 Å². The summed E-state index contributed by atoms with van der Waals surface area (Å²) in [5.74, 6) is -3.25. The fourth-order valence-electron chi connectivity index (χ4n) is 2.45. The summed E-state index contributed by atoms with van der Waals surface area (Å²) in [5, 5.41) is 2.33. The summed E-state index contributed by atoms with van der Waals surface area (Å²) in [6, 6.07) is 5.68. The molecule has 0 unspecified atom stereocenters. The fraction of sp³-hybridized carbons (Fsp3) is 0.471. The molecule has 0 radical (unpaired) electrons. The average Bonchev–Trinajstić information content (AvgIpc) is 2.54. The van der Waals surface area contributed by atoms with Gasteiger partial charge in [-0.25, -0.2) is 18.0 Å². The van der Waals surface area contributed by atoms with Gasteiger partial charge in [-0.1, -0.05) is 24.3 Å². The number of nitrogens with one attached hydrogen (secondary N) is 1. The largest absolute Gasteiger partial charge is 1.00 e. The molecule has 150 valence electrons. The third-order valence-corrected chi connectivity index (χ3v) is 4.16. The minimum absolute atomic E-state index is 0. The van der Waals surface area contributed by atoms with E-state index in [9.17, 15) is 27.4 Å². The Morgan fingerprint density at radius 3 is 1.79 bits per heavy atom. The van der Waals surface area contributed by atoms with Crippen LogP contribution in [0.1, 0.15) is 31.9 Å². The molecule has 0 atom stereocenters. The molecule has 0 fully saturated rings. The van der Waals surface area contributed by atoms with Crippen molar-refractivity contribution < 1.29 is 66.4 Å². The molecule has 1 aromatic rings. The molecule has 28 heavy (non-hydrogen) atoms. The van der Waals surface area contributed by atoms with Gasteiger partial charge in [0.2, 0.25) is 11.4 Å². The van der Waals surface area contributed by atoms with E-state index in [2.05, 4.69) is 5.32 Å². The molecular weight excluding hydrogens is 401 g/mol. The van der Waals surface area contributed by atoms with Gasteiger partial charge in [0.25, 0.3) is 0 Å². The van der Waals surface area contributed by atoms with Gasteiger partial charge in [-0.3, -0.25) is 4.79 Å². The van der Waals surface area contributed by atoms with Crippen LogP contribution in [0.5, 0.6) is 0 Å². The van der Waals surface area contributed by atoms with Crippen LogP contribution in [0.4, 0.5) is 0 Å². The van der Waals surface area contributed by atoms with Gasteiger partial charge in [0.05, 0.1) is 29.1 Å². The molecule has 9 nitrogen and oxygen atoms in total. The summed E-state index contributed by atoms with van der Waals surface area (Å²) < 4.78 is 42.4. The Morgan fingerprint density at radius 1 is 1.00 bits per heavy atom. The van der Waals surface area contributed by atoms with Crippen LogP contribution in [0.25, 0.3) is 0 Å². The monoisotopic (exact) mass is 423 g/mol. The zero-order chi connectivity index (χ0) is 20.7. The zero-order valence-corrected chi connectivity index (χ0v) is 19.1. The molecule has 1 aromatic carbocycles. The number of esters is 2. The van der Waals surface area contributed by atoms with Crippen LogP contribution >= 0.6 is 0 Å². The molecule has 0 saturated carbocycles. The van der Waals surface area contributed by atoms with E-state index in [4.69, 9.17) is 9.47 Å². The zero-order valence-electron chi connectivity index (χ0n) is 16.3. The molecule has 0 bridgehead atoms. The van der Waals surface area contributed by atoms with Gasteiger partial charge in [0, 0.05) is 13.3 Å². The Kier molecular flexibility index (Phi) is 10.9. The molecule has 0 aromatic heterocycles. The van der Waals surface area contributed by atoms with E-state index >= 15 is 0 Å². The normalized spacial score (nSPS) is 11.1. The molecule has 1 amide bonds. The quantitative estimate of drug-likeness (QED) is 0.196. The van der Waals surface area contributed by atoms with Crippen molar-refractivity contribution in [2.75, 3.05) is 13.2 Å². The number of benzene rings is 1. The van der Waals surface area contributed by atoms with Crippen LogP contribution in [-0.2, 0) is 46.1 Å². The predicted octanol–water partition coefficient (Wildman–Crippen LogP) is -2.72. The second kappa shape index (κ2) is 11.5. The van der Waals surface area contributed by atoms with Gasteiger partial charge in [-0.05, 0) is 25.0 Å². The minimum Gasteiger partial charge on any atom is -0.748 e. The number of rotatable bonds is 9. The first-order valence-corrected chi connectivity index (χ1v) is 9.76. The molecule has 0 saturated heterocycles. The average molecular weight is 423 g/mol. The maximum atomic E-state index is 12.5. The summed E-state index contributed by atoms with van der Waals surface area (Å²) in [4.78, 5) is 36.7. The van der Waals surface area contributed by atoms with Gasteiger partial charge in [0.1, 0.15) is 0 Å². The molecule has 0 heterocycles. The van der Waals surface area contributed by atoms with Gasteiger partial charge >= 0.3 is 41.5 Å². The topological polar surface area (TPSA) is 139 Å². The third-order valence-electron chi connectivity index (χ3n) is 3.47. The summed E-state index contributed by atoms with van der Waals surface area (Å²) in [7, 11) is -4.44. The Morgan fingerprint density at radius 2 is 1.43 bits per heavy atom. The summed E-state index contributed by atoms with van der Waals surface area (Å²) in [6.45, 7) is 4.23. The SMILES string of the molecule is CCOC(=O)C(Cc1ccc(CS(=O)(=O)[O-])cc1)(NC(C)=O)C(=O)OCC.[Na+]. The second-order valence-electron chi connectivity index (χ2n) is 5.72. The van der Waals surface area contributed by atoms with Crippen molar-refractivity contribution >= 4 is 28.0 Å². The van der Waals surface area contributed by atoms with Crippen molar-refractivity contribution in [3.8, 4) is 0 Å². The summed E-state index contributed by atoms with van der Waals surface area (Å²) in [6.07, 6.45) is -0.269. The molecular formula is C17H22NNaO8S. The van der Waals surface area contributed by atoms with Crippen LogP contribution < -0.4 is 34.9 Å². The van der Waals surface area contributed by atoms with E-state index in [0.717, 1.165) is 6.92 Å². The number of carbonyl (C=O) groups excluding carboxylic acids is 3. The van der Waals surface area contributed by atoms with E-state index in [0.29, 0.717) is 5.56 Å². The smallest absolute Gasteiger partial charge is 0.748 e. The van der Waals surface area contributed by atoms with E-state index in [1.54, 1.807) is 13.8 Å². The van der Waals surface area contributed by atoms with Gasteiger partial charge in [-0.2, -0.15) is 0 Å². The number of carbonyl (C=O) groups is 3. The Hall–Kier alpha value is -1.46. The van der Waals surface area contributed by atoms with Crippen molar-refractivity contribution in [1.29, 1.82) is 0 Å². The Bertz CT molecular complexity index is 774. The predicted molar refractivity (Wildman–Crippen MR) is 93.4 cm³/mol. The van der Waals surface area contributed by atoms with Crippen molar-refractivity contribution in [1.82, 2.24) is 5.32 Å². The summed E-state index contributed by atoms with van der Waals surface area (Å²) >= 11 is 0. The first-order valence-electron chi connectivity index (χ1n) is 8.18. The molecule has 0 aliphatic heterocycles. The van der Waals surface area contributed by atoms with Crippen molar-refractivity contribution in [2.45, 2.75) is 38.5 Å². The molecule has 11 heteroatoms. The first kappa shape index (κ1) is 26.5. The number of hydrogen-bond donors (Lipinski definition) is 1. The van der Waals surface area contributed by atoms with Crippen LogP contribution in [0, 0.1) is 0 Å². The van der Waals surface area contributed by atoms with Crippen LogP contribution in [0.3, 0.4) is 0 Å². The van der Waals surface area contributed by atoms with Crippen LogP contribution in [-0.4, -0.2) is 49.6 Å². The van der Waals surface area contributed by atoms with Crippen molar-refractivity contribution in [3.63, 3.8) is 0 Å². The Labute approximate surface area is 186 Å². The maximum Gasteiger partial charge on any atom is 1.00 e. The molecule has 0 aliphatic carbocycles. The van der Waals surface area contributed by atoms with E-state index in [-0.39, 0.29) is 54.8 Å². The molecule has 0 aliphatic rings. The standard InChI is InChI=1S/C17H23NO8S.Na/c1-4-25-15(20)17(18-12(3)19,16(21)26-5-2)10-13-6-8-14(9-7-13)11-27(22,23)24;/h6-9H,4-5,10-11H2,1-3H3,(H,18,19)(H,22,23,24);/q;+1/p-1. The number of amides is 1. The Balaban J connectivity index is 0.00000729. The second-order valence-corrected chi connectivity index (χ2v) is 7.13. The molecule has 1 N–H and O–H groups in total. The maximum absolute atomic E-state index is 12.5. The molecule has 0 spiro atoms. The van der Waals surface area contributed by atoms with E-state index in [1.165, 1.54) is 24.3 Å². The van der Waals surface area contributed by atoms with E-state index < -0.39 is 39.3 Å². The number of ether oxygens (including phenoxy) is 2. The fourth-order valence-corrected chi connectivity index (χ4v) is 3.05.